The SMILES string of the molecule is Cc1c[c-]c(OCc2ccccc2)c(C(C)(C)C)c1.[Li+]. The van der Waals surface area contributed by atoms with Gasteiger partial charge in [-0.25, -0.2) is 0 Å². The van der Waals surface area contributed by atoms with Crippen molar-refractivity contribution in [2.75, 3.05) is 0 Å². The molecule has 0 spiro atoms. The first-order valence-electron chi connectivity index (χ1n) is 6.66. The first-order valence-corrected chi connectivity index (χ1v) is 6.66. The second-order valence-electron chi connectivity index (χ2n) is 5.94. The largest absolute Gasteiger partial charge is 1.00 e. The average molecular weight is 260 g/mol. The molecule has 0 aliphatic carbocycles. The van der Waals surface area contributed by atoms with Gasteiger partial charge < -0.3 is 4.74 Å². The molecule has 0 fully saturated rings. The molecule has 0 aromatic heterocycles. The number of ether oxygens (including phenoxy) is 1. The molecular formula is C18H21LiO. The minimum atomic E-state index is 0. The molecule has 2 heteroatoms. The van der Waals surface area contributed by atoms with Crippen molar-refractivity contribution < 1.29 is 23.6 Å². The van der Waals surface area contributed by atoms with Gasteiger partial charge in [-0.3, -0.25) is 0 Å². The van der Waals surface area contributed by atoms with Crippen molar-refractivity contribution in [1.82, 2.24) is 0 Å². The van der Waals surface area contributed by atoms with Crippen LogP contribution < -0.4 is 23.6 Å². The number of hydrogen-bond acceptors (Lipinski definition) is 1. The summed E-state index contributed by atoms with van der Waals surface area (Å²) >= 11 is 0. The maximum Gasteiger partial charge on any atom is 1.00 e. The summed E-state index contributed by atoms with van der Waals surface area (Å²) < 4.78 is 5.95. The van der Waals surface area contributed by atoms with Crippen molar-refractivity contribution in [3.63, 3.8) is 0 Å². The van der Waals surface area contributed by atoms with Crippen molar-refractivity contribution in [3.05, 3.63) is 65.2 Å². The number of hydrogen-bond donors (Lipinski definition) is 0. The molecule has 0 saturated carbocycles. The Labute approximate surface area is 134 Å². The third-order valence-electron chi connectivity index (χ3n) is 3.08. The molecule has 2 aromatic carbocycles. The van der Waals surface area contributed by atoms with E-state index in [1.807, 2.05) is 24.3 Å². The minimum absolute atomic E-state index is 0. The van der Waals surface area contributed by atoms with Crippen LogP contribution in [0.3, 0.4) is 0 Å². The summed E-state index contributed by atoms with van der Waals surface area (Å²) in [6, 6.07) is 17.7. The molecule has 0 radical (unpaired) electrons. The van der Waals surface area contributed by atoms with E-state index in [9.17, 15) is 0 Å². The van der Waals surface area contributed by atoms with E-state index in [2.05, 4.69) is 52.0 Å². The van der Waals surface area contributed by atoms with Crippen LogP contribution in [0.4, 0.5) is 0 Å². The molecule has 0 aliphatic heterocycles. The smallest absolute Gasteiger partial charge is 0.514 e. The summed E-state index contributed by atoms with van der Waals surface area (Å²) in [4.78, 5) is 0. The Bertz CT molecular complexity index is 541. The summed E-state index contributed by atoms with van der Waals surface area (Å²) in [7, 11) is 0. The summed E-state index contributed by atoms with van der Waals surface area (Å²) in [6.07, 6.45) is 0. The summed E-state index contributed by atoms with van der Waals surface area (Å²) in [5, 5.41) is 0. The number of aryl methyl sites for hydroxylation is 1. The average Bonchev–Trinajstić information content (AvgIpc) is 2.37. The van der Waals surface area contributed by atoms with Crippen LogP contribution in [0.25, 0.3) is 0 Å². The van der Waals surface area contributed by atoms with Gasteiger partial charge in [0.15, 0.2) is 0 Å². The first kappa shape index (κ1) is 16.9. The van der Waals surface area contributed by atoms with Crippen LogP contribution in [-0.2, 0) is 12.0 Å². The Hall–Kier alpha value is -1.16. The van der Waals surface area contributed by atoms with Gasteiger partial charge in [0.1, 0.15) is 6.61 Å². The van der Waals surface area contributed by atoms with Crippen LogP contribution in [0.2, 0.25) is 0 Å². The molecular weight excluding hydrogens is 239 g/mol. The van der Waals surface area contributed by atoms with E-state index in [0.717, 1.165) is 5.75 Å². The van der Waals surface area contributed by atoms with Crippen LogP contribution >= 0.6 is 0 Å². The molecule has 0 N–H and O–H groups in total. The predicted octanol–water partition coefficient (Wildman–Crippen LogP) is 1.68. The van der Waals surface area contributed by atoms with E-state index >= 15 is 0 Å². The Morgan fingerprint density at radius 1 is 1.10 bits per heavy atom. The predicted molar refractivity (Wildman–Crippen MR) is 79.5 cm³/mol. The van der Waals surface area contributed by atoms with E-state index in [0.29, 0.717) is 6.61 Å². The monoisotopic (exact) mass is 260 g/mol. The molecule has 2 rings (SSSR count). The second-order valence-corrected chi connectivity index (χ2v) is 5.94. The topological polar surface area (TPSA) is 9.23 Å². The first-order chi connectivity index (χ1) is 8.97. The van der Waals surface area contributed by atoms with Crippen molar-refractivity contribution in [2.24, 2.45) is 0 Å². The van der Waals surface area contributed by atoms with Crippen LogP contribution in [0.1, 0.15) is 37.5 Å². The van der Waals surface area contributed by atoms with Crippen LogP contribution in [0.15, 0.2) is 42.5 Å². The second kappa shape index (κ2) is 7.02. The maximum absolute atomic E-state index is 5.95. The van der Waals surface area contributed by atoms with Gasteiger partial charge in [0, 0.05) is 5.75 Å². The van der Waals surface area contributed by atoms with Gasteiger partial charge in [0.05, 0.1) is 0 Å². The van der Waals surface area contributed by atoms with E-state index < -0.39 is 0 Å². The zero-order chi connectivity index (χ0) is 13.9. The van der Waals surface area contributed by atoms with E-state index in [-0.39, 0.29) is 24.3 Å². The molecule has 0 heterocycles. The Morgan fingerprint density at radius 2 is 1.75 bits per heavy atom. The minimum Gasteiger partial charge on any atom is -0.514 e. The molecule has 0 saturated heterocycles. The zero-order valence-corrected chi connectivity index (χ0v) is 13.2. The van der Waals surface area contributed by atoms with E-state index in [4.69, 9.17) is 4.74 Å². The molecule has 20 heavy (non-hydrogen) atoms. The molecule has 0 bridgehead atoms. The molecule has 0 aliphatic rings. The van der Waals surface area contributed by atoms with Crippen molar-refractivity contribution >= 4 is 0 Å². The summed E-state index contributed by atoms with van der Waals surface area (Å²) in [6.45, 7) is 9.27. The molecule has 100 valence electrons. The molecule has 0 atom stereocenters. The van der Waals surface area contributed by atoms with Gasteiger partial charge in [0.2, 0.25) is 0 Å². The molecule has 2 aromatic rings. The van der Waals surface area contributed by atoms with Crippen molar-refractivity contribution in [2.45, 2.75) is 39.7 Å². The fraction of sp³-hybridized carbons (Fsp3) is 0.333. The number of benzene rings is 2. The third kappa shape index (κ3) is 4.44. The van der Waals surface area contributed by atoms with Crippen LogP contribution in [-0.4, -0.2) is 0 Å². The fourth-order valence-electron chi connectivity index (χ4n) is 2.00. The standard InChI is InChI=1S/C18H21O.Li/c1-14-10-11-17(16(12-14)18(2,3)4)19-13-15-8-6-5-7-9-15;/h5-10,12H,13H2,1-4H3;/q-1;+1. The normalized spacial score (nSPS) is 10.8. The van der Waals surface area contributed by atoms with Crippen LogP contribution in [0, 0.1) is 13.0 Å². The summed E-state index contributed by atoms with van der Waals surface area (Å²) in [5.41, 5.74) is 3.67. The third-order valence-corrected chi connectivity index (χ3v) is 3.08. The van der Waals surface area contributed by atoms with Gasteiger partial charge in [-0.2, -0.15) is 17.7 Å². The molecule has 0 amide bonds. The fourth-order valence-corrected chi connectivity index (χ4v) is 2.00. The molecule has 1 nitrogen and oxygen atoms in total. The van der Waals surface area contributed by atoms with Gasteiger partial charge in [0.25, 0.3) is 0 Å². The number of rotatable bonds is 3. The quantitative estimate of drug-likeness (QED) is 0.602. The van der Waals surface area contributed by atoms with Gasteiger partial charge in [-0.05, 0) is 5.56 Å². The van der Waals surface area contributed by atoms with E-state index in [1.165, 1.54) is 16.7 Å². The van der Waals surface area contributed by atoms with Crippen molar-refractivity contribution in [3.8, 4) is 5.75 Å². The zero-order valence-electron chi connectivity index (χ0n) is 13.2. The van der Waals surface area contributed by atoms with Crippen molar-refractivity contribution in [1.29, 1.82) is 0 Å². The maximum atomic E-state index is 5.95. The Balaban J connectivity index is 0.00000200. The van der Waals surface area contributed by atoms with Gasteiger partial charge >= 0.3 is 18.9 Å². The van der Waals surface area contributed by atoms with Gasteiger partial charge in [-0.15, -0.1) is 11.6 Å². The summed E-state index contributed by atoms with van der Waals surface area (Å²) in [5.74, 6) is 0.863. The molecule has 0 unspecified atom stereocenters. The van der Waals surface area contributed by atoms with Gasteiger partial charge in [-0.1, -0.05) is 63.4 Å². The Morgan fingerprint density at radius 3 is 2.35 bits per heavy atom. The van der Waals surface area contributed by atoms with Crippen LogP contribution in [0.5, 0.6) is 5.75 Å². The Kier molecular flexibility index (Phi) is 5.93. The van der Waals surface area contributed by atoms with E-state index in [1.54, 1.807) is 0 Å².